The number of nitrogens with two attached hydrogens (primary N) is 1. The van der Waals surface area contributed by atoms with E-state index in [1.54, 1.807) is 21.6 Å². The molecule has 0 spiro atoms. The quantitative estimate of drug-likeness (QED) is 0.733. The highest BCUT2D eigenvalue weighted by molar-refractivity contribution is 5.23. The number of aryl methyl sites for hydroxylation is 2. The van der Waals surface area contributed by atoms with Gasteiger partial charge in [-0.2, -0.15) is 10.4 Å². The van der Waals surface area contributed by atoms with Gasteiger partial charge in [-0.1, -0.05) is 0 Å². The zero-order valence-corrected chi connectivity index (χ0v) is 7.91. The van der Waals surface area contributed by atoms with Crippen molar-refractivity contribution >= 4 is 5.82 Å². The summed E-state index contributed by atoms with van der Waals surface area (Å²) in [7, 11) is 0. The fourth-order valence-corrected chi connectivity index (χ4v) is 1.16. The smallest absolute Gasteiger partial charge is 0.252 e. The van der Waals surface area contributed by atoms with Crippen molar-refractivity contribution in [2.45, 2.75) is 13.1 Å². The Hall–Kier alpha value is -2.36. The van der Waals surface area contributed by atoms with Crippen LogP contribution in [0, 0.1) is 11.3 Å². The van der Waals surface area contributed by atoms with Crippen molar-refractivity contribution in [3.63, 3.8) is 0 Å². The molecule has 0 radical (unpaired) electrons. The summed E-state index contributed by atoms with van der Waals surface area (Å²) in [6.45, 7) is 1.25. The Morgan fingerprint density at radius 1 is 1.33 bits per heavy atom. The Labute approximate surface area is 85.7 Å². The molecule has 0 bridgehead atoms. The van der Waals surface area contributed by atoms with Crippen LogP contribution in [0.25, 0.3) is 0 Å². The predicted octanol–water partition coefficient (Wildman–Crippen LogP) is -0.371. The Bertz CT molecular complexity index is 489. The van der Waals surface area contributed by atoms with E-state index < -0.39 is 0 Å². The lowest BCUT2D eigenvalue weighted by molar-refractivity contribution is 0.499. The molecule has 0 aliphatic rings. The number of aromatic nitrogens is 5. The summed E-state index contributed by atoms with van der Waals surface area (Å²) < 4.78 is 3.31. The minimum Gasteiger partial charge on any atom is -0.382 e. The zero-order valence-electron chi connectivity index (χ0n) is 7.91. The summed E-state index contributed by atoms with van der Waals surface area (Å²) in [5.41, 5.74) is 5.46. The number of nitrogen functional groups attached to an aromatic ring is 1. The van der Waals surface area contributed by atoms with Crippen molar-refractivity contribution in [1.82, 2.24) is 24.5 Å². The van der Waals surface area contributed by atoms with Crippen molar-refractivity contribution in [3.05, 3.63) is 24.4 Å². The maximum Gasteiger partial charge on any atom is 0.252 e. The molecule has 7 heteroatoms. The molecule has 7 nitrogen and oxygen atoms in total. The number of hydrogen-bond donors (Lipinski definition) is 1. The summed E-state index contributed by atoms with van der Waals surface area (Å²) in [6.07, 6.45) is 3.31. The first-order valence-electron chi connectivity index (χ1n) is 4.36. The molecule has 0 aliphatic heterocycles. The normalized spacial score (nSPS) is 10.1. The largest absolute Gasteiger partial charge is 0.382 e. The average molecular weight is 203 g/mol. The van der Waals surface area contributed by atoms with Gasteiger partial charge in [0.1, 0.15) is 18.2 Å². The second-order valence-electron chi connectivity index (χ2n) is 2.95. The first kappa shape index (κ1) is 9.21. The Morgan fingerprint density at radius 2 is 2.13 bits per heavy atom. The van der Waals surface area contributed by atoms with Crippen molar-refractivity contribution in [2.75, 3.05) is 5.73 Å². The first-order chi connectivity index (χ1) is 7.28. The highest BCUT2D eigenvalue weighted by Gasteiger charge is 1.99. The third kappa shape index (κ3) is 2.11. The van der Waals surface area contributed by atoms with Gasteiger partial charge in [-0.25, -0.2) is 9.67 Å². The van der Waals surface area contributed by atoms with E-state index in [1.807, 2.05) is 6.07 Å². The summed E-state index contributed by atoms with van der Waals surface area (Å²) in [6, 6.07) is 3.59. The molecule has 0 fully saturated rings. The summed E-state index contributed by atoms with van der Waals surface area (Å²) in [5, 5.41) is 16.5. The molecule has 0 saturated heterocycles. The van der Waals surface area contributed by atoms with Gasteiger partial charge in [0.05, 0.1) is 13.1 Å². The average Bonchev–Trinajstić information content (AvgIpc) is 2.83. The molecule has 2 N–H and O–H groups in total. The number of nitrogens with zero attached hydrogens (tertiary/aromatic N) is 6. The van der Waals surface area contributed by atoms with Crippen LogP contribution in [0.3, 0.4) is 0 Å². The van der Waals surface area contributed by atoms with Gasteiger partial charge in [0.15, 0.2) is 0 Å². The summed E-state index contributed by atoms with van der Waals surface area (Å²) >= 11 is 0. The fourth-order valence-electron chi connectivity index (χ4n) is 1.16. The van der Waals surface area contributed by atoms with Crippen LogP contribution in [0.5, 0.6) is 0 Å². The molecule has 2 heterocycles. The van der Waals surface area contributed by atoms with Gasteiger partial charge in [0.2, 0.25) is 0 Å². The van der Waals surface area contributed by atoms with Gasteiger partial charge in [0.25, 0.3) is 5.82 Å². The van der Waals surface area contributed by atoms with Crippen molar-refractivity contribution in [3.8, 4) is 6.07 Å². The van der Waals surface area contributed by atoms with Crippen molar-refractivity contribution < 1.29 is 0 Å². The second-order valence-corrected chi connectivity index (χ2v) is 2.95. The highest BCUT2D eigenvalue weighted by atomic mass is 15.4. The summed E-state index contributed by atoms with van der Waals surface area (Å²) in [5.74, 6) is 0.668. The lowest BCUT2D eigenvalue weighted by Crippen LogP contribution is -2.08. The van der Waals surface area contributed by atoms with Gasteiger partial charge in [-0.15, -0.1) is 5.10 Å². The van der Waals surface area contributed by atoms with Crippen molar-refractivity contribution in [2.24, 2.45) is 0 Å². The number of hydrogen-bond acceptors (Lipinski definition) is 5. The molecule has 2 aromatic rings. The molecule has 0 unspecified atom stereocenters. The van der Waals surface area contributed by atoms with E-state index in [0.29, 0.717) is 18.9 Å². The molecule has 0 amide bonds. The van der Waals surface area contributed by atoms with Crippen LogP contribution >= 0.6 is 0 Å². The molecule has 0 aliphatic carbocycles. The van der Waals surface area contributed by atoms with E-state index in [4.69, 9.17) is 11.0 Å². The molecule has 15 heavy (non-hydrogen) atoms. The minimum atomic E-state index is 0.176. The van der Waals surface area contributed by atoms with Crippen LogP contribution in [-0.2, 0) is 13.1 Å². The Balaban J connectivity index is 1.96. The third-order valence-corrected chi connectivity index (χ3v) is 1.86. The van der Waals surface area contributed by atoms with Crippen LogP contribution in [0.1, 0.15) is 5.82 Å². The maximum absolute atomic E-state index is 8.52. The minimum absolute atomic E-state index is 0.176. The van der Waals surface area contributed by atoms with Gasteiger partial charge in [-0.05, 0) is 6.07 Å². The first-order valence-corrected chi connectivity index (χ1v) is 4.36. The topological polar surface area (TPSA) is 98.3 Å². The molecule has 0 atom stereocenters. The predicted molar refractivity (Wildman–Crippen MR) is 51.4 cm³/mol. The number of rotatable bonds is 3. The van der Waals surface area contributed by atoms with E-state index in [-0.39, 0.29) is 5.82 Å². The van der Waals surface area contributed by atoms with E-state index >= 15 is 0 Å². The van der Waals surface area contributed by atoms with Crippen LogP contribution in [-0.4, -0.2) is 24.5 Å². The van der Waals surface area contributed by atoms with Crippen molar-refractivity contribution in [1.29, 1.82) is 5.26 Å². The molecular formula is C8H9N7. The standard InChI is InChI=1S/C8H9N7/c9-5-8-11-6-15(13-8)4-3-14-2-1-7(10)12-14/h1-2,6H,3-4H2,(H2,10,12). The van der Waals surface area contributed by atoms with E-state index in [9.17, 15) is 0 Å². The SMILES string of the molecule is N#Cc1ncn(CCn2ccc(N)n2)n1. The van der Waals surface area contributed by atoms with Gasteiger partial charge in [-0.3, -0.25) is 4.68 Å². The van der Waals surface area contributed by atoms with Crippen LogP contribution in [0.2, 0.25) is 0 Å². The van der Waals surface area contributed by atoms with Crippen LogP contribution in [0.15, 0.2) is 18.6 Å². The molecule has 0 saturated carbocycles. The monoisotopic (exact) mass is 203 g/mol. The number of nitriles is 1. The van der Waals surface area contributed by atoms with Gasteiger partial charge in [0, 0.05) is 6.20 Å². The fraction of sp³-hybridized carbons (Fsp3) is 0.250. The zero-order chi connectivity index (χ0) is 10.7. The molecule has 2 aromatic heterocycles. The molecule has 76 valence electrons. The molecular weight excluding hydrogens is 194 g/mol. The van der Waals surface area contributed by atoms with Crippen LogP contribution in [0.4, 0.5) is 5.82 Å². The highest BCUT2D eigenvalue weighted by Crippen LogP contribution is 1.96. The summed E-state index contributed by atoms with van der Waals surface area (Å²) in [4.78, 5) is 3.79. The molecule has 0 aromatic carbocycles. The number of anilines is 1. The lowest BCUT2D eigenvalue weighted by atomic mass is 10.6. The Kier molecular flexibility index (Phi) is 2.33. The van der Waals surface area contributed by atoms with E-state index in [1.165, 1.54) is 6.33 Å². The molecule has 2 rings (SSSR count). The Morgan fingerprint density at radius 3 is 2.73 bits per heavy atom. The third-order valence-electron chi connectivity index (χ3n) is 1.86. The van der Waals surface area contributed by atoms with Gasteiger partial charge >= 0.3 is 0 Å². The van der Waals surface area contributed by atoms with E-state index in [0.717, 1.165) is 0 Å². The second kappa shape index (κ2) is 3.79. The lowest BCUT2D eigenvalue weighted by Gasteiger charge is -2.00. The van der Waals surface area contributed by atoms with Crippen LogP contribution < -0.4 is 5.73 Å². The van der Waals surface area contributed by atoms with Gasteiger partial charge < -0.3 is 5.73 Å². The maximum atomic E-state index is 8.52. The van der Waals surface area contributed by atoms with E-state index in [2.05, 4.69) is 15.2 Å².